The van der Waals surface area contributed by atoms with Crippen LogP contribution >= 0.6 is 22.9 Å². The molecule has 1 aromatic heterocycles. The van der Waals surface area contributed by atoms with Crippen LogP contribution in [0.3, 0.4) is 0 Å². The minimum atomic E-state index is -0.624. The number of hydrogen-bond acceptors (Lipinski definition) is 5. The number of nitrogens with one attached hydrogen (secondary N) is 1. The van der Waals surface area contributed by atoms with Crippen molar-refractivity contribution in [2.75, 3.05) is 16.8 Å². The van der Waals surface area contributed by atoms with E-state index >= 15 is 0 Å². The minimum absolute atomic E-state index is 0.128. The van der Waals surface area contributed by atoms with E-state index in [2.05, 4.69) is 10.3 Å². The standard InChI is InChI=1S/C23H22ClN3O3S/c1-4-20-23(29)27(11-22(28)26-16-7-5-13(2)17(24)10-16)19-9-15(6-8-21(19)30-20)18-12-31-14(3)25-18/h5-10,12,20H,4,11H2,1-3H3,(H,26,28). The predicted molar refractivity (Wildman–Crippen MR) is 124 cm³/mol. The molecule has 2 amide bonds. The SMILES string of the molecule is CCC1Oc2ccc(-c3csc(C)n3)cc2N(CC(=O)Nc2ccc(C)c(Cl)c2)C1=O. The highest BCUT2D eigenvalue weighted by molar-refractivity contribution is 7.09. The van der Waals surface area contributed by atoms with Gasteiger partial charge in [-0.25, -0.2) is 4.98 Å². The minimum Gasteiger partial charge on any atom is -0.478 e. The third kappa shape index (κ3) is 4.43. The van der Waals surface area contributed by atoms with Crippen LogP contribution in [0.4, 0.5) is 11.4 Å². The highest BCUT2D eigenvalue weighted by Gasteiger charge is 2.34. The van der Waals surface area contributed by atoms with E-state index < -0.39 is 6.10 Å². The van der Waals surface area contributed by atoms with Crippen molar-refractivity contribution in [1.82, 2.24) is 4.98 Å². The smallest absolute Gasteiger partial charge is 0.268 e. The van der Waals surface area contributed by atoms with Crippen molar-refractivity contribution in [2.45, 2.75) is 33.3 Å². The first kappa shape index (κ1) is 21.3. The maximum atomic E-state index is 13.0. The van der Waals surface area contributed by atoms with Crippen LogP contribution in [0.5, 0.6) is 5.75 Å². The molecule has 1 N–H and O–H groups in total. The van der Waals surface area contributed by atoms with E-state index in [1.165, 1.54) is 4.90 Å². The normalized spacial score (nSPS) is 15.4. The number of aromatic nitrogens is 1. The molecule has 2 heterocycles. The Morgan fingerprint density at radius 3 is 2.74 bits per heavy atom. The first-order valence-corrected chi connectivity index (χ1v) is 11.2. The van der Waals surface area contributed by atoms with Crippen LogP contribution in [0.15, 0.2) is 41.8 Å². The van der Waals surface area contributed by atoms with E-state index in [0.717, 1.165) is 21.8 Å². The number of ether oxygens (including phenoxy) is 1. The van der Waals surface area contributed by atoms with Crippen molar-refractivity contribution in [3.05, 3.63) is 57.4 Å². The van der Waals surface area contributed by atoms with Gasteiger partial charge in [0.25, 0.3) is 5.91 Å². The zero-order valence-electron chi connectivity index (χ0n) is 17.4. The predicted octanol–water partition coefficient (Wildman–Crippen LogP) is 5.22. The van der Waals surface area contributed by atoms with E-state index in [0.29, 0.717) is 28.6 Å². The van der Waals surface area contributed by atoms with Crippen molar-refractivity contribution in [3.8, 4) is 17.0 Å². The molecule has 1 atom stereocenters. The Morgan fingerprint density at radius 1 is 1.26 bits per heavy atom. The van der Waals surface area contributed by atoms with Crippen LogP contribution in [-0.2, 0) is 9.59 Å². The van der Waals surface area contributed by atoms with Gasteiger partial charge in [0.05, 0.1) is 16.4 Å². The summed E-state index contributed by atoms with van der Waals surface area (Å²) < 4.78 is 5.89. The molecule has 160 valence electrons. The highest BCUT2D eigenvalue weighted by atomic mass is 35.5. The number of carbonyl (C=O) groups is 2. The number of amides is 2. The number of nitrogens with zero attached hydrogens (tertiary/aromatic N) is 2. The summed E-state index contributed by atoms with van der Waals surface area (Å²) in [5, 5.41) is 6.32. The van der Waals surface area contributed by atoms with E-state index in [9.17, 15) is 9.59 Å². The Hall–Kier alpha value is -2.90. The molecule has 3 aromatic rings. The van der Waals surface area contributed by atoms with Gasteiger partial charge in [-0.3, -0.25) is 14.5 Å². The molecule has 0 saturated heterocycles. The van der Waals surface area contributed by atoms with Crippen molar-refractivity contribution < 1.29 is 14.3 Å². The molecule has 1 aliphatic rings. The summed E-state index contributed by atoms with van der Waals surface area (Å²) in [5.74, 6) is 0.0258. The lowest BCUT2D eigenvalue weighted by Crippen LogP contribution is -2.48. The van der Waals surface area contributed by atoms with Crippen LogP contribution in [0.1, 0.15) is 23.9 Å². The van der Waals surface area contributed by atoms with E-state index in [-0.39, 0.29) is 18.4 Å². The summed E-state index contributed by atoms with van der Waals surface area (Å²) >= 11 is 7.72. The average Bonchev–Trinajstić information content (AvgIpc) is 3.18. The number of rotatable bonds is 5. The maximum Gasteiger partial charge on any atom is 0.268 e. The van der Waals surface area contributed by atoms with Crippen molar-refractivity contribution >= 4 is 46.1 Å². The van der Waals surface area contributed by atoms with Gasteiger partial charge in [-0.15, -0.1) is 11.3 Å². The molecule has 31 heavy (non-hydrogen) atoms. The molecule has 0 radical (unpaired) electrons. The second-order valence-electron chi connectivity index (χ2n) is 7.39. The molecule has 2 aromatic carbocycles. The lowest BCUT2D eigenvalue weighted by atomic mass is 10.1. The third-order valence-corrected chi connectivity index (χ3v) is 6.28. The number of thiazole rings is 1. The molecule has 0 saturated carbocycles. The second-order valence-corrected chi connectivity index (χ2v) is 8.85. The van der Waals surface area contributed by atoms with Crippen molar-refractivity contribution in [3.63, 3.8) is 0 Å². The molecule has 4 rings (SSSR count). The van der Waals surface area contributed by atoms with Gasteiger partial charge < -0.3 is 10.1 Å². The number of aryl methyl sites for hydroxylation is 2. The van der Waals surface area contributed by atoms with Gasteiger partial charge in [0.2, 0.25) is 5.91 Å². The number of anilines is 2. The monoisotopic (exact) mass is 455 g/mol. The number of benzene rings is 2. The molecule has 1 aliphatic heterocycles. The molecule has 8 heteroatoms. The number of hydrogen-bond donors (Lipinski definition) is 1. The largest absolute Gasteiger partial charge is 0.478 e. The summed E-state index contributed by atoms with van der Waals surface area (Å²) in [4.78, 5) is 31.8. The fourth-order valence-corrected chi connectivity index (χ4v) is 4.22. The van der Waals surface area contributed by atoms with Gasteiger partial charge in [0.15, 0.2) is 6.10 Å². The molecule has 1 unspecified atom stereocenters. The molecular formula is C23H22ClN3O3S. The molecule has 6 nitrogen and oxygen atoms in total. The Kier molecular flexibility index (Phi) is 5.98. The Bertz CT molecular complexity index is 1160. The summed E-state index contributed by atoms with van der Waals surface area (Å²) in [6, 6.07) is 10.9. The second kappa shape index (κ2) is 8.69. The summed E-state index contributed by atoms with van der Waals surface area (Å²) in [6.45, 7) is 5.59. The summed E-state index contributed by atoms with van der Waals surface area (Å²) in [6.07, 6.45) is -0.113. The highest BCUT2D eigenvalue weighted by Crippen LogP contribution is 2.38. The fourth-order valence-electron chi connectivity index (χ4n) is 3.42. The maximum absolute atomic E-state index is 13.0. The number of carbonyl (C=O) groups excluding carboxylic acids is 2. The van der Waals surface area contributed by atoms with Gasteiger partial charge in [-0.1, -0.05) is 24.6 Å². The van der Waals surface area contributed by atoms with Crippen molar-refractivity contribution in [2.24, 2.45) is 0 Å². The van der Waals surface area contributed by atoms with Crippen LogP contribution in [0.25, 0.3) is 11.3 Å². The topological polar surface area (TPSA) is 71.5 Å². The van der Waals surface area contributed by atoms with Crippen molar-refractivity contribution in [1.29, 1.82) is 0 Å². The van der Waals surface area contributed by atoms with E-state index in [4.69, 9.17) is 16.3 Å². The zero-order chi connectivity index (χ0) is 22.1. The van der Waals surface area contributed by atoms with Gasteiger partial charge in [-0.05, 0) is 56.2 Å². The first-order chi connectivity index (χ1) is 14.9. The lowest BCUT2D eigenvalue weighted by molar-refractivity contribution is -0.128. The zero-order valence-corrected chi connectivity index (χ0v) is 19.0. The fraction of sp³-hybridized carbons (Fsp3) is 0.261. The molecule has 0 bridgehead atoms. The lowest BCUT2D eigenvalue weighted by Gasteiger charge is -2.34. The van der Waals surface area contributed by atoms with E-state index in [1.54, 1.807) is 23.5 Å². The van der Waals surface area contributed by atoms with Gasteiger partial charge in [0.1, 0.15) is 12.3 Å². The Balaban J connectivity index is 1.63. The molecule has 0 fully saturated rings. The van der Waals surface area contributed by atoms with Crippen LogP contribution in [0.2, 0.25) is 5.02 Å². The number of halogens is 1. The first-order valence-electron chi connectivity index (χ1n) is 9.96. The quantitative estimate of drug-likeness (QED) is 0.572. The van der Waals surface area contributed by atoms with Gasteiger partial charge in [0, 0.05) is 21.7 Å². The Morgan fingerprint density at radius 2 is 2.06 bits per heavy atom. The van der Waals surface area contributed by atoms with Crippen LogP contribution in [-0.4, -0.2) is 29.4 Å². The third-order valence-electron chi connectivity index (χ3n) is 5.10. The molecular weight excluding hydrogens is 434 g/mol. The molecule has 0 aliphatic carbocycles. The summed E-state index contributed by atoms with van der Waals surface area (Å²) in [7, 11) is 0. The Labute approximate surface area is 189 Å². The summed E-state index contributed by atoms with van der Waals surface area (Å²) in [5.41, 5.74) is 3.77. The molecule has 0 spiro atoms. The van der Waals surface area contributed by atoms with Crippen LogP contribution in [0, 0.1) is 13.8 Å². The van der Waals surface area contributed by atoms with Gasteiger partial charge >= 0.3 is 0 Å². The number of fused-ring (bicyclic) bond motifs is 1. The van der Waals surface area contributed by atoms with Crippen LogP contribution < -0.4 is 15.0 Å². The van der Waals surface area contributed by atoms with Gasteiger partial charge in [-0.2, -0.15) is 0 Å². The average molecular weight is 456 g/mol. The van der Waals surface area contributed by atoms with E-state index in [1.807, 2.05) is 50.4 Å².